The van der Waals surface area contributed by atoms with E-state index in [0.717, 1.165) is 44.7 Å². The molecule has 0 radical (unpaired) electrons. The zero-order chi connectivity index (χ0) is 21.1. The molecule has 4 nitrogen and oxygen atoms in total. The van der Waals surface area contributed by atoms with Crippen molar-refractivity contribution >= 4 is 0 Å². The van der Waals surface area contributed by atoms with E-state index in [1.807, 2.05) is 0 Å². The fourth-order valence-corrected chi connectivity index (χ4v) is 4.95. The lowest BCUT2D eigenvalue weighted by Crippen LogP contribution is -2.53. The molecule has 0 atom stereocenters. The maximum Gasteiger partial charge on any atom is 0.0641 e. The van der Waals surface area contributed by atoms with E-state index in [0.29, 0.717) is 0 Å². The molecule has 0 unspecified atom stereocenters. The molecule has 158 valence electrons. The number of fused-ring (bicyclic) bond motifs is 1. The summed E-state index contributed by atoms with van der Waals surface area (Å²) < 4.78 is 2.11. The summed E-state index contributed by atoms with van der Waals surface area (Å²) in [5, 5.41) is 8.50. The van der Waals surface area contributed by atoms with Crippen molar-refractivity contribution in [2.45, 2.75) is 58.8 Å². The van der Waals surface area contributed by atoms with Crippen LogP contribution in [0.1, 0.15) is 40.6 Å². The lowest BCUT2D eigenvalue weighted by Gasteiger charge is -2.39. The number of likely N-dealkylation sites (N-methyl/N-ethyl adjacent to an activating group) is 1. The van der Waals surface area contributed by atoms with Gasteiger partial charge in [0.25, 0.3) is 0 Å². The van der Waals surface area contributed by atoms with E-state index in [9.17, 15) is 0 Å². The van der Waals surface area contributed by atoms with Gasteiger partial charge in [0.05, 0.1) is 5.69 Å². The van der Waals surface area contributed by atoms with Crippen molar-refractivity contribution in [1.82, 2.24) is 20.0 Å². The molecule has 1 aliphatic carbocycles. The third-order valence-electron chi connectivity index (χ3n) is 6.82. The molecule has 0 bridgehead atoms. The number of hydrogen-bond acceptors (Lipinski definition) is 3. The van der Waals surface area contributed by atoms with E-state index in [-0.39, 0.29) is 5.54 Å². The topological polar surface area (TPSA) is 33.1 Å². The van der Waals surface area contributed by atoms with Crippen LogP contribution in [0, 0.1) is 13.8 Å². The molecule has 1 heterocycles. The molecule has 30 heavy (non-hydrogen) atoms. The van der Waals surface area contributed by atoms with Crippen LogP contribution in [0.4, 0.5) is 0 Å². The first-order valence-electron chi connectivity index (χ1n) is 11.1. The summed E-state index contributed by atoms with van der Waals surface area (Å²) >= 11 is 0. The zero-order valence-electron chi connectivity index (χ0n) is 18.8. The second-order valence-electron chi connectivity index (χ2n) is 8.76. The highest BCUT2D eigenvalue weighted by Crippen LogP contribution is 2.34. The predicted octanol–water partition coefficient (Wildman–Crippen LogP) is 4.28. The van der Waals surface area contributed by atoms with Crippen molar-refractivity contribution in [3.63, 3.8) is 0 Å². The number of benzene rings is 2. The van der Waals surface area contributed by atoms with Crippen molar-refractivity contribution in [3.05, 3.63) is 88.2 Å². The normalized spacial score (nSPS) is 15.0. The summed E-state index contributed by atoms with van der Waals surface area (Å²) in [4.78, 5) is 2.56. The van der Waals surface area contributed by atoms with Crippen LogP contribution in [0.2, 0.25) is 0 Å². The summed E-state index contributed by atoms with van der Waals surface area (Å²) in [5.41, 5.74) is 8.20. The van der Waals surface area contributed by atoms with Crippen LogP contribution in [0.5, 0.6) is 0 Å². The van der Waals surface area contributed by atoms with Gasteiger partial charge in [-0.25, -0.2) is 0 Å². The van der Waals surface area contributed by atoms with E-state index >= 15 is 0 Å². The number of hydrogen-bond donors (Lipinski definition) is 1. The minimum Gasteiger partial charge on any atom is -0.311 e. The fraction of sp³-hybridized carbons (Fsp3) is 0.423. The Morgan fingerprint density at radius 1 is 1.00 bits per heavy atom. The Morgan fingerprint density at radius 2 is 1.63 bits per heavy atom. The van der Waals surface area contributed by atoms with Gasteiger partial charge in [0.15, 0.2) is 0 Å². The molecular weight excluding hydrogens is 368 g/mol. The first-order chi connectivity index (χ1) is 14.5. The third kappa shape index (κ3) is 4.07. The average Bonchev–Trinajstić information content (AvgIpc) is 3.27. The standard InChI is InChI=1S/C26H34N4/c1-5-30-21(3)25(20(2)28-30)17-27-19-26(15-23-13-9-10-14-24(23)16-26)29(4)18-22-11-7-6-8-12-22/h6-14,27H,5,15-19H2,1-4H3. The fourth-order valence-electron chi connectivity index (χ4n) is 4.95. The van der Waals surface area contributed by atoms with Crippen LogP contribution in [-0.2, 0) is 32.5 Å². The highest BCUT2D eigenvalue weighted by atomic mass is 15.3. The van der Waals surface area contributed by atoms with Crippen LogP contribution < -0.4 is 5.32 Å². The van der Waals surface area contributed by atoms with Gasteiger partial charge in [0.1, 0.15) is 0 Å². The summed E-state index contributed by atoms with van der Waals surface area (Å²) in [6.07, 6.45) is 2.18. The summed E-state index contributed by atoms with van der Waals surface area (Å²) in [7, 11) is 2.28. The Labute approximate surface area is 180 Å². The third-order valence-corrected chi connectivity index (χ3v) is 6.82. The smallest absolute Gasteiger partial charge is 0.0641 e. The summed E-state index contributed by atoms with van der Waals surface area (Å²) in [5.74, 6) is 0. The molecule has 1 aliphatic rings. The molecule has 0 saturated carbocycles. The molecule has 0 amide bonds. The van der Waals surface area contributed by atoms with Crippen LogP contribution in [-0.4, -0.2) is 33.8 Å². The van der Waals surface area contributed by atoms with Crippen molar-refractivity contribution in [2.24, 2.45) is 0 Å². The summed E-state index contributed by atoms with van der Waals surface area (Å²) in [6, 6.07) is 19.8. The predicted molar refractivity (Wildman–Crippen MR) is 124 cm³/mol. The van der Waals surface area contributed by atoms with Crippen molar-refractivity contribution in [1.29, 1.82) is 0 Å². The van der Waals surface area contributed by atoms with Crippen molar-refractivity contribution in [3.8, 4) is 0 Å². The maximum absolute atomic E-state index is 4.69. The van der Waals surface area contributed by atoms with Gasteiger partial charge in [0, 0.05) is 43.0 Å². The summed E-state index contributed by atoms with van der Waals surface area (Å²) in [6.45, 7) is 10.2. The maximum atomic E-state index is 4.69. The van der Waals surface area contributed by atoms with Gasteiger partial charge in [-0.2, -0.15) is 5.10 Å². The average molecular weight is 403 g/mol. The molecule has 0 aliphatic heterocycles. The van der Waals surface area contributed by atoms with Gasteiger partial charge >= 0.3 is 0 Å². The molecular formula is C26H34N4. The zero-order valence-corrected chi connectivity index (χ0v) is 18.8. The first kappa shape index (κ1) is 20.8. The first-order valence-corrected chi connectivity index (χ1v) is 11.1. The van der Waals surface area contributed by atoms with E-state index in [4.69, 9.17) is 0 Å². The van der Waals surface area contributed by atoms with Gasteiger partial charge in [-0.1, -0.05) is 54.6 Å². The number of aromatic nitrogens is 2. The van der Waals surface area contributed by atoms with Crippen LogP contribution >= 0.6 is 0 Å². The highest BCUT2D eigenvalue weighted by Gasteiger charge is 2.40. The number of nitrogens with zero attached hydrogens (tertiary/aromatic N) is 3. The lowest BCUT2D eigenvalue weighted by atomic mass is 9.92. The Bertz CT molecular complexity index is 965. The Morgan fingerprint density at radius 3 is 2.23 bits per heavy atom. The monoisotopic (exact) mass is 402 g/mol. The Balaban J connectivity index is 1.52. The van der Waals surface area contributed by atoms with Gasteiger partial charge < -0.3 is 5.32 Å². The molecule has 1 N–H and O–H groups in total. The van der Waals surface area contributed by atoms with Crippen LogP contribution in [0.3, 0.4) is 0 Å². The van der Waals surface area contributed by atoms with Gasteiger partial charge in [-0.15, -0.1) is 0 Å². The van der Waals surface area contributed by atoms with Crippen molar-refractivity contribution < 1.29 is 0 Å². The number of nitrogens with one attached hydrogen (secondary N) is 1. The molecule has 1 aromatic heterocycles. The van der Waals surface area contributed by atoms with Gasteiger partial charge in [-0.05, 0) is 57.4 Å². The van der Waals surface area contributed by atoms with E-state index in [2.05, 4.69) is 102 Å². The van der Waals surface area contributed by atoms with E-state index in [1.165, 1.54) is 27.9 Å². The second-order valence-corrected chi connectivity index (χ2v) is 8.76. The number of aryl methyl sites for hydroxylation is 2. The second kappa shape index (κ2) is 8.75. The highest BCUT2D eigenvalue weighted by molar-refractivity contribution is 5.37. The molecule has 2 aromatic carbocycles. The lowest BCUT2D eigenvalue weighted by molar-refractivity contribution is 0.117. The molecule has 0 fully saturated rings. The van der Waals surface area contributed by atoms with Crippen LogP contribution in [0.25, 0.3) is 0 Å². The van der Waals surface area contributed by atoms with Crippen molar-refractivity contribution in [2.75, 3.05) is 13.6 Å². The van der Waals surface area contributed by atoms with E-state index < -0.39 is 0 Å². The van der Waals surface area contributed by atoms with E-state index in [1.54, 1.807) is 0 Å². The molecule has 4 rings (SSSR count). The Kier molecular flexibility index (Phi) is 6.07. The Hall–Kier alpha value is -2.43. The number of rotatable bonds is 8. The van der Waals surface area contributed by atoms with Gasteiger partial charge in [0.2, 0.25) is 0 Å². The molecule has 0 spiro atoms. The SMILES string of the molecule is CCn1nc(C)c(CNCC2(N(C)Cc3ccccc3)Cc3ccccc3C2)c1C. The largest absolute Gasteiger partial charge is 0.311 e. The minimum atomic E-state index is 0.0854. The molecule has 0 saturated heterocycles. The molecule has 3 aromatic rings. The van der Waals surface area contributed by atoms with Crippen LogP contribution in [0.15, 0.2) is 54.6 Å². The van der Waals surface area contributed by atoms with Gasteiger partial charge in [-0.3, -0.25) is 9.58 Å². The minimum absolute atomic E-state index is 0.0854. The quantitative estimate of drug-likeness (QED) is 0.611. The molecule has 4 heteroatoms.